The summed E-state index contributed by atoms with van der Waals surface area (Å²) in [5, 5.41) is 9.00. The standard InChI is InChI=1S/C18H18N2O3/c1-2-17-19-15-8-3-4-9-16(15)20(17)10-11-23-14-7-5-6-13(12-14)18(21)22/h3-9,12H,2,10-11H2,1H3,(H,21,22). The fraction of sp³-hybridized carbons (Fsp3) is 0.222. The molecule has 0 aliphatic heterocycles. The molecule has 23 heavy (non-hydrogen) atoms. The van der Waals surface area contributed by atoms with Gasteiger partial charge in [0.25, 0.3) is 0 Å². The molecule has 0 saturated carbocycles. The first-order valence-corrected chi connectivity index (χ1v) is 7.59. The normalized spacial score (nSPS) is 10.8. The maximum absolute atomic E-state index is 11.0. The predicted octanol–water partition coefficient (Wildman–Crippen LogP) is 3.38. The van der Waals surface area contributed by atoms with Crippen molar-refractivity contribution in [1.82, 2.24) is 9.55 Å². The van der Waals surface area contributed by atoms with Gasteiger partial charge in [0.1, 0.15) is 18.2 Å². The summed E-state index contributed by atoms with van der Waals surface area (Å²) in [6.45, 7) is 3.20. The average Bonchev–Trinajstić information content (AvgIpc) is 2.93. The molecule has 3 rings (SSSR count). The van der Waals surface area contributed by atoms with E-state index in [1.54, 1.807) is 18.2 Å². The van der Waals surface area contributed by atoms with Crippen LogP contribution >= 0.6 is 0 Å². The third-order valence-electron chi connectivity index (χ3n) is 3.71. The Morgan fingerprint density at radius 3 is 2.83 bits per heavy atom. The van der Waals surface area contributed by atoms with Gasteiger partial charge >= 0.3 is 5.97 Å². The van der Waals surface area contributed by atoms with Gasteiger partial charge in [-0.15, -0.1) is 0 Å². The van der Waals surface area contributed by atoms with E-state index in [1.165, 1.54) is 6.07 Å². The summed E-state index contributed by atoms with van der Waals surface area (Å²) in [4.78, 5) is 15.6. The summed E-state index contributed by atoms with van der Waals surface area (Å²) in [7, 11) is 0. The zero-order chi connectivity index (χ0) is 16.2. The van der Waals surface area contributed by atoms with E-state index < -0.39 is 5.97 Å². The summed E-state index contributed by atoms with van der Waals surface area (Å²) in [5.74, 6) is 0.630. The molecule has 0 aliphatic rings. The van der Waals surface area contributed by atoms with Gasteiger partial charge in [-0.25, -0.2) is 9.78 Å². The number of aromatic carboxylic acids is 1. The molecule has 118 valence electrons. The Labute approximate surface area is 134 Å². The SMILES string of the molecule is CCc1nc2ccccc2n1CCOc1cccc(C(=O)O)c1. The molecular formula is C18H18N2O3. The molecule has 1 N–H and O–H groups in total. The molecule has 0 unspecified atom stereocenters. The molecule has 0 amide bonds. The summed E-state index contributed by atoms with van der Waals surface area (Å²) in [5.41, 5.74) is 2.30. The third kappa shape index (κ3) is 3.18. The molecule has 0 fully saturated rings. The van der Waals surface area contributed by atoms with Crippen molar-refractivity contribution in [3.63, 3.8) is 0 Å². The summed E-state index contributed by atoms with van der Waals surface area (Å²) in [6.07, 6.45) is 0.850. The van der Waals surface area contributed by atoms with Gasteiger partial charge in [0.15, 0.2) is 0 Å². The second-order valence-electron chi connectivity index (χ2n) is 5.20. The van der Waals surface area contributed by atoms with Crippen molar-refractivity contribution in [3.8, 4) is 5.75 Å². The van der Waals surface area contributed by atoms with E-state index in [-0.39, 0.29) is 5.56 Å². The van der Waals surface area contributed by atoms with E-state index in [4.69, 9.17) is 9.84 Å². The lowest BCUT2D eigenvalue weighted by atomic mass is 10.2. The van der Waals surface area contributed by atoms with Crippen LogP contribution in [-0.2, 0) is 13.0 Å². The molecule has 5 heteroatoms. The maximum Gasteiger partial charge on any atom is 0.335 e. The Morgan fingerprint density at radius 2 is 2.04 bits per heavy atom. The smallest absolute Gasteiger partial charge is 0.335 e. The Balaban J connectivity index is 1.74. The molecule has 5 nitrogen and oxygen atoms in total. The van der Waals surface area contributed by atoms with Crippen LogP contribution in [0.4, 0.5) is 0 Å². The van der Waals surface area contributed by atoms with E-state index in [2.05, 4.69) is 16.5 Å². The van der Waals surface area contributed by atoms with Gasteiger partial charge < -0.3 is 14.4 Å². The number of benzene rings is 2. The number of para-hydroxylation sites is 2. The zero-order valence-corrected chi connectivity index (χ0v) is 12.9. The second-order valence-corrected chi connectivity index (χ2v) is 5.20. The number of nitrogens with zero attached hydrogens (tertiary/aromatic N) is 2. The van der Waals surface area contributed by atoms with E-state index in [0.29, 0.717) is 18.9 Å². The minimum absolute atomic E-state index is 0.227. The van der Waals surface area contributed by atoms with Crippen LogP contribution < -0.4 is 4.74 Å². The molecule has 2 aromatic carbocycles. The quantitative estimate of drug-likeness (QED) is 0.758. The lowest BCUT2D eigenvalue weighted by molar-refractivity contribution is 0.0696. The van der Waals surface area contributed by atoms with Crippen LogP contribution in [-0.4, -0.2) is 27.2 Å². The van der Waals surface area contributed by atoms with Crippen molar-refractivity contribution in [3.05, 3.63) is 59.9 Å². The molecule has 0 bridgehead atoms. The van der Waals surface area contributed by atoms with Gasteiger partial charge in [-0.3, -0.25) is 0 Å². The maximum atomic E-state index is 11.0. The van der Waals surface area contributed by atoms with Crippen molar-refractivity contribution in [2.24, 2.45) is 0 Å². The zero-order valence-electron chi connectivity index (χ0n) is 12.9. The average molecular weight is 310 g/mol. The minimum Gasteiger partial charge on any atom is -0.492 e. The number of fused-ring (bicyclic) bond motifs is 1. The lowest BCUT2D eigenvalue weighted by Crippen LogP contribution is -2.11. The largest absolute Gasteiger partial charge is 0.492 e. The molecule has 0 saturated heterocycles. The molecule has 0 radical (unpaired) electrons. The van der Waals surface area contributed by atoms with Crippen LogP contribution in [0.5, 0.6) is 5.75 Å². The number of imidazole rings is 1. The summed E-state index contributed by atoms with van der Waals surface area (Å²) < 4.78 is 7.86. The van der Waals surface area contributed by atoms with Crippen LogP contribution in [0, 0.1) is 0 Å². The van der Waals surface area contributed by atoms with Gasteiger partial charge in [0.05, 0.1) is 23.1 Å². The summed E-state index contributed by atoms with van der Waals surface area (Å²) >= 11 is 0. The molecule has 1 heterocycles. The molecule has 0 aliphatic carbocycles. The van der Waals surface area contributed by atoms with Crippen molar-refractivity contribution < 1.29 is 14.6 Å². The topological polar surface area (TPSA) is 64.4 Å². The molecule has 3 aromatic rings. The summed E-state index contributed by atoms with van der Waals surface area (Å²) in [6, 6.07) is 14.6. The van der Waals surface area contributed by atoms with Crippen LogP contribution in [0.3, 0.4) is 0 Å². The van der Waals surface area contributed by atoms with Crippen molar-refractivity contribution >= 4 is 17.0 Å². The molecule has 0 atom stereocenters. The number of hydrogen-bond donors (Lipinski definition) is 1. The van der Waals surface area contributed by atoms with Gasteiger partial charge in [-0.05, 0) is 30.3 Å². The molecule has 1 aromatic heterocycles. The second kappa shape index (κ2) is 6.52. The van der Waals surface area contributed by atoms with Crippen LogP contribution in [0.15, 0.2) is 48.5 Å². The van der Waals surface area contributed by atoms with Crippen molar-refractivity contribution in [2.45, 2.75) is 19.9 Å². The number of hydrogen-bond acceptors (Lipinski definition) is 3. The van der Waals surface area contributed by atoms with Crippen molar-refractivity contribution in [1.29, 1.82) is 0 Å². The number of aromatic nitrogens is 2. The van der Waals surface area contributed by atoms with Gasteiger partial charge in [0, 0.05) is 6.42 Å². The number of carboxylic acids is 1. The van der Waals surface area contributed by atoms with E-state index in [1.807, 2.05) is 24.3 Å². The number of rotatable bonds is 6. The highest BCUT2D eigenvalue weighted by molar-refractivity contribution is 5.88. The van der Waals surface area contributed by atoms with Crippen molar-refractivity contribution in [2.75, 3.05) is 6.61 Å². The monoisotopic (exact) mass is 310 g/mol. The Bertz CT molecular complexity index is 839. The third-order valence-corrected chi connectivity index (χ3v) is 3.71. The van der Waals surface area contributed by atoms with Gasteiger partial charge in [-0.2, -0.15) is 0 Å². The Hall–Kier alpha value is -2.82. The predicted molar refractivity (Wildman–Crippen MR) is 88.0 cm³/mol. The van der Waals surface area contributed by atoms with Crippen LogP contribution in [0.25, 0.3) is 11.0 Å². The van der Waals surface area contributed by atoms with E-state index in [9.17, 15) is 4.79 Å². The number of carbonyl (C=O) groups is 1. The Kier molecular flexibility index (Phi) is 4.28. The lowest BCUT2D eigenvalue weighted by Gasteiger charge is -2.10. The van der Waals surface area contributed by atoms with Gasteiger partial charge in [-0.1, -0.05) is 25.1 Å². The highest BCUT2D eigenvalue weighted by Gasteiger charge is 2.09. The van der Waals surface area contributed by atoms with Crippen LogP contribution in [0.1, 0.15) is 23.1 Å². The molecular weight excluding hydrogens is 292 g/mol. The fourth-order valence-corrected chi connectivity index (χ4v) is 2.62. The van der Waals surface area contributed by atoms with E-state index in [0.717, 1.165) is 23.3 Å². The number of aryl methyl sites for hydroxylation is 1. The first-order chi connectivity index (χ1) is 11.2. The fourth-order valence-electron chi connectivity index (χ4n) is 2.62. The van der Waals surface area contributed by atoms with Crippen LogP contribution in [0.2, 0.25) is 0 Å². The minimum atomic E-state index is -0.954. The van der Waals surface area contributed by atoms with E-state index >= 15 is 0 Å². The van der Waals surface area contributed by atoms with Gasteiger partial charge in [0.2, 0.25) is 0 Å². The number of carboxylic acid groups (broad SMARTS) is 1. The highest BCUT2D eigenvalue weighted by Crippen LogP contribution is 2.17. The first kappa shape index (κ1) is 15.1. The molecule has 0 spiro atoms. The number of ether oxygens (including phenoxy) is 1. The first-order valence-electron chi connectivity index (χ1n) is 7.59. The Morgan fingerprint density at radius 1 is 1.22 bits per heavy atom. The highest BCUT2D eigenvalue weighted by atomic mass is 16.5.